The van der Waals surface area contributed by atoms with Crippen LogP contribution in [0.2, 0.25) is 0 Å². The average molecular weight is 413 g/mol. The Morgan fingerprint density at radius 3 is 2.83 bits per heavy atom. The molecule has 154 valence electrons. The SMILES string of the molecule is O=NCCn1nnnc1-c1ccc(-c2ccc(N3C[C@H](CO)OC3=O)cc2F)cn1. The highest BCUT2D eigenvalue weighted by Crippen LogP contribution is 2.29. The van der Waals surface area contributed by atoms with Crippen LogP contribution in [0.1, 0.15) is 0 Å². The van der Waals surface area contributed by atoms with Gasteiger partial charge in [-0.05, 0) is 34.7 Å². The number of carbonyl (C=O) groups is 1. The Labute approximate surface area is 169 Å². The van der Waals surface area contributed by atoms with Crippen molar-refractivity contribution in [3.05, 3.63) is 47.3 Å². The second kappa shape index (κ2) is 8.29. The first kappa shape index (κ1) is 19.5. The quantitative estimate of drug-likeness (QED) is 0.577. The van der Waals surface area contributed by atoms with E-state index in [0.717, 1.165) is 0 Å². The highest BCUT2D eigenvalue weighted by Gasteiger charge is 2.32. The van der Waals surface area contributed by atoms with E-state index in [2.05, 4.69) is 25.7 Å². The van der Waals surface area contributed by atoms with E-state index >= 15 is 0 Å². The molecule has 2 aromatic heterocycles. The lowest BCUT2D eigenvalue weighted by molar-refractivity contribution is 0.0963. The lowest BCUT2D eigenvalue weighted by atomic mass is 10.1. The van der Waals surface area contributed by atoms with Gasteiger partial charge in [0.05, 0.1) is 25.4 Å². The first-order chi connectivity index (χ1) is 14.6. The van der Waals surface area contributed by atoms with Crippen LogP contribution in [0.3, 0.4) is 0 Å². The predicted molar refractivity (Wildman–Crippen MR) is 102 cm³/mol. The summed E-state index contributed by atoms with van der Waals surface area (Å²) in [7, 11) is 0. The molecule has 11 nitrogen and oxygen atoms in total. The maximum absolute atomic E-state index is 14.7. The van der Waals surface area contributed by atoms with Gasteiger partial charge in [-0.25, -0.2) is 13.9 Å². The Hall–Kier alpha value is -3.80. The van der Waals surface area contributed by atoms with E-state index in [1.165, 1.54) is 21.8 Å². The third kappa shape index (κ3) is 3.72. The van der Waals surface area contributed by atoms with Crippen LogP contribution in [0.15, 0.2) is 41.7 Å². The second-order valence-corrected chi connectivity index (χ2v) is 6.47. The van der Waals surface area contributed by atoms with Gasteiger partial charge in [-0.3, -0.25) is 9.88 Å². The molecule has 1 saturated heterocycles. The Morgan fingerprint density at radius 1 is 1.30 bits per heavy atom. The number of amides is 1. The number of aliphatic hydroxyl groups excluding tert-OH is 1. The van der Waals surface area contributed by atoms with Crippen molar-refractivity contribution < 1.29 is 19.0 Å². The number of halogens is 1. The number of aromatic nitrogens is 5. The highest BCUT2D eigenvalue weighted by atomic mass is 19.1. The molecule has 12 heteroatoms. The minimum Gasteiger partial charge on any atom is -0.441 e. The number of anilines is 1. The van der Waals surface area contributed by atoms with Gasteiger partial charge in [0.25, 0.3) is 0 Å². The van der Waals surface area contributed by atoms with Crippen molar-refractivity contribution in [2.45, 2.75) is 12.6 Å². The first-order valence-corrected chi connectivity index (χ1v) is 9.01. The molecule has 0 aliphatic carbocycles. The molecule has 1 aromatic carbocycles. The van der Waals surface area contributed by atoms with Crippen molar-refractivity contribution in [1.82, 2.24) is 25.2 Å². The molecule has 1 aliphatic heterocycles. The predicted octanol–water partition coefficient (Wildman–Crippen LogP) is 1.63. The fourth-order valence-electron chi connectivity index (χ4n) is 3.09. The van der Waals surface area contributed by atoms with Crippen molar-refractivity contribution in [3.63, 3.8) is 0 Å². The summed E-state index contributed by atoms with van der Waals surface area (Å²) < 4.78 is 21.1. The second-order valence-electron chi connectivity index (χ2n) is 6.47. The summed E-state index contributed by atoms with van der Waals surface area (Å²) in [5.74, 6) is -0.170. The van der Waals surface area contributed by atoms with Gasteiger partial charge in [-0.2, -0.15) is 4.91 Å². The molecule has 0 radical (unpaired) electrons. The number of carbonyl (C=O) groups excluding carboxylic acids is 1. The van der Waals surface area contributed by atoms with Crippen molar-refractivity contribution in [2.24, 2.45) is 5.18 Å². The summed E-state index contributed by atoms with van der Waals surface area (Å²) in [4.78, 5) is 27.7. The monoisotopic (exact) mass is 413 g/mol. The fraction of sp³-hybridized carbons (Fsp3) is 0.278. The van der Waals surface area contributed by atoms with E-state index in [9.17, 15) is 14.1 Å². The van der Waals surface area contributed by atoms with Crippen LogP contribution in [-0.2, 0) is 11.3 Å². The Balaban J connectivity index is 1.56. The number of cyclic esters (lactones) is 1. The average Bonchev–Trinajstić information content (AvgIpc) is 3.38. The van der Waals surface area contributed by atoms with Gasteiger partial charge in [0.1, 0.15) is 24.2 Å². The third-order valence-corrected chi connectivity index (χ3v) is 4.58. The largest absolute Gasteiger partial charge is 0.441 e. The number of hydrogen-bond donors (Lipinski definition) is 1. The zero-order chi connectivity index (χ0) is 21.1. The van der Waals surface area contributed by atoms with Crippen LogP contribution in [0.25, 0.3) is 22.6 Å². The molecule has 1 atom stereocenters. The van der Waals surface area contributed by atoms with E-state index < -0.39 is 18.0 Å². The lowest BCUT2D eigenvalue weighted by Crippen LogP contribution is -2.25. The molecule has 30 heavy (non-hydrogen) atoms. The first-order valence-electron chi connectivity index (χ1n) is 9.01. The molecule has 0 spiro atoms. The fourth-order valence-corrected chi connectivity index (χ4v) is 3.09. The molecule has 0 unspecified atom stereocenters. The topological polar surface area (TPSA) is 136 Å². The van der Waals surface area contributed by atoms with Crippen LogP contribution < -0.4 is 4.90 Å². The van der Waals surface area contributed by atoms with Gasteiger partial charge >= 0.3 is 6.09 Å². The molecule has 1 amide bonds. The maximum Gasteiger partial charge on any atom is 0.414 e. The number of benzene rings is 1. The van der Waals surface area contributed by atoms with Gasteiger partial charge < -0.3 is 9.84 Å². The molecule has 4 rings (SSSR count). The Bertz CT molecular complexity index is 1070. The number of rotatable bonds is 7. The smallest absolute Gasteiger partial charge is 0.414 e. The number of hydrogen-bond acceptors (Lipinski definition) is 9. The summed E-state index contributed by atoms with van der Waals surface area (Å²) >= 11 is 0. The number of nitrogens with zero attached hydrogens (tertiary/aromatic N) is 7. The number of ether oxygens (including phenoxy) is 1. The van der Waals surface area contributed by atoms with E-state index in [1.807, 2.05) is 0 Å². The van der Waals surface area contributed by atoms with Gasteiger partial charge in [0.2, 0.25) is 5.82 Å². The van der Waals surface area contributed by atoms with Crippen LogP contribution >= 0.6 is 0 Å². The van der Waals surface area contributed by atoms with Crippen molar-refractivity contribution in [3.8, 4) is 22.6 Å². The molecule has 0 saturated carbocycles. The molecule has 1 N–H and O–H groups in total. The standard InChI is InChI=1S/C18H16FN7O4/c19-15-7-12(25-9-13(10-27)30-18(25)28)2-3-14(15)11-1-4-16(20-8-11)17-22-23-24-26(17)6-5-21-29/h1-4,7-8,13,27H,5-6,9-10H2/t13-/m1/s1. The van der Waals surface area contributed by atoms with E-state index in [0.29, 0.717) is 28.3 Å². The summed E-state index contributed by atoms with van der Waals surface area (Å²) in [6.07, 6.45) is 0.224. The zero-order valence-corrected chi connectivity index (χ0v) is 15.6. The molecule has 1 fully saturated rings. The normalized spacial score (nSPS) is 16.0. The zero-order valence-electron chi connectivity index (χ0n) is 15.6. The maximum atomic E-state index is 14.7. The third-order valence-electron chi connectivity index (χ3n) is 4.58. The minimum absolute atomic E-state index is 0.0251. The van der Waals surface area contributed by atoms with Gasteiger partial charge in [-0.15, -0.1) is 5.10 Å². The minimum atomic E-state index is -0.630. The van der Waals surface area contributed by atoms with Crippen LogP contribution in [0.4, 0.5) is 14.9 Å². The van der Waals surface area contributed by atoms with E-state index in [4.69, 9.17) is 9.84 Å². The van der Waals surface area contributed by atoms with Crippen LogP contribution in [0.5, 0.6) is 0 Å². The van der Waals surface area contributed by atoms with Crippen LogP contribution in [-0.4, -0.2) is 62.2 Å². The van der Waals surface area contributed by atoms with Gasteiger partial charge in [0.15, 0.2) is 0 Å². The highest BCUT2D eigenvalue weighted by molar-refractivity contribution is 5.90. The van der Waals surface area contributed by atoms with Crippen molar-refractivity contribution in [2.75, 3.05) is 24.6 Å². The lowest BCUT2D eigenvalue weighted by Gasteiger charge is -2.14. The molecule has 3 aromatic rings. The summed E-state index contributed by atoms with van der Waals surface area (Å²) in [6.45, 7) is 0.104. The van der Waals surface area contributed by atoms with Gasteiger partial charge in [-0.1, -0.05) is 11.2 Å². The number of pyridine rings is 1. The van der Waals surface area contributed by atoms with Crippen molar-refractivity contribution >= 4 is 11.8 Å². The van der Waals surface area contributed by atoms with Crippen LogP contribution in [0, 0.1) is 10.7 Å². The molecular formula is C18H16FN7O4. The van der Waals surface area contributed by atoms with Gasteiger partial charge in [0, 0.05) is 17.3 Å². The Kier molecular flexibility index (Phi) is 5.39. The van der Waals surface area contributed by atoms with E-state index in [-0.39, 0.29) is 26.2 Å². The molecular weight excluding hydrogens is 397 g/mol. The molecule has 0 bridgehead atoms. The number of tetrazole rings is 1. The Morgan fingerprint density at radius 2 is 2.17 bits per heavy atom. The summed E-state index contributed by atoms with van der Waals surface area (Å²) in [5.41, 5.74) is 1.62. The summed E-state index contributed by atoms with van der Waals surface area (Å²) in [5, 5.41) is 23.2. The van der Waals surface area contributed by atoms with E-state index in [1.54, 1.807) is 24.3 Å². The van der Waals surface area contributed by atoms with Crippen molar-refractivity contribution in [1.29, 1.82) is 0 Å². The summed E-state index contributed by atoms with van der Waals surface area (Å²) in [6, 6.07) is 7.69. The number of aliphatic hydroxyl groups is 1. The molecule has 3 heterocycles. The molecule has 1 aliphatic rings. The number of nitroso groups, excluding NO2 is 1.